The first-order valence-electron chi connectivity index (χ1n) is 7.22. The van der Waals surface area contributed by atoms with Crippen molar-refractivity contribution in [2.24, 2.45) is 0 Å². The van der Waals surface area contributed by atoms with Gasteiger partial charge < -0.3 is 15.3 Å². The van der Waals surface area contributed by atoms with Crippen LogP contribution in [-0.2, 0) is 20.6 Å². The van der Waals surface area contributed by atoms with E-state index in [1.165, 1.54) is 0 Å². The number of carboxylic acids is 1. The van der Waals surface area contributed by atoms with Crippen LogP contribution >= 0.6 is 7.37 Å². The van der Waals surface area contributed by atoms with Crippen LogP contribution in [-0.4, -0.2) is 40.7 Å². The molecule has 0 radical (unpaired) electrons. The normalized spacial score (nSPS) is 13.3. The van der Waals surface area contributed by atoms with Crippen LogP contribution in [0, 0.1) is 0 Å². The molecule has 3 N–H and O–H groups in total. The SMILES string of the molecule is O=C(O)CCCNC(=O)CCP(=O)(O)CCc1ccccc1. The van der Waals surface area contributed by atoms with Crippen molar-refractivity contribution in [2.45, 2.75) is 25.7 Å². The molecule has 0 heterocycles. The Kier molecular flexibility index (Phi) is 7.85. The second-order valence-electron chi connectivity index (χ2n) is 5.13. The van der Waals surface area contributed by atoms with Crippen molar-refractivity contribution in [2.75, 3.05) is 18.9 Å². The Morgan fingerprint density at radius 3 is 2.41 bits per heavy atom. The Morgan fingerprint density at radius 1 is 1.09 bits per heavy atom. The summed E-state index contributed by atoms with van der Waals surface area (Å²) >= 11 is 0. The van der Waals surface area contributed by atoms with E-state index in [9.17, 15) is 19.0 Å². The van der Waals surface area contributed by atoms with Gasteiger partial charge in [0.1, 0.15) is 0 Å². The minimum atomic E-state index is -3.32. The third kappa shape index (κ3) is 8.60. The average Bonchev–Trinajstić information content (AvgIpc) is 2.49. The van der Waals surface area contributed by atoms with E-state index >= 15 is 0 Å². The van der Waals surface area contributed by atoms with E-state index in [0.29, 0.717) is 12.8 Å². The number of aryl methyl sites for hydroxylation is 1. The number of hydrogen-bond acceptors (Lipinski definition) is 3. The van der Waals surface area contributed by atoms with Crippen molar-refractivity contribution >= 4 is 19.2 Å². The molecule has 122 valence electrons. The number of rotatable bonds is 10. The number of benzene rings is 1. The summed E-state index contributed by atoms with van der Waals surface area (Å²) in [6, 6.07) is 9.44. The molecule has 7 heteroatoms. The summed E-state index contributed by atoms with van der Waals surface area (Å²) in [5.74, 6) is -1.23. The molecule has 0 spiro atoms. The van der Waals surface area contributed by atoms with E-state index in [-0.39, 0.29) is 37.6 Å². The molecule has 0 aliphatic carbocycles. The highest BCUT2D eigenvalue weighted by Crippen LogP contribution is 2.41. The van der Waals surface area contributed by atoms with Crippen LogP contribution in [0.5, 0.6) is 0 Å². The predicted molar refractivity (Wildman–Crippen MR) is 84.2 cm³/mol. The minimum absolute atomic E-state index is 0.00412. The highest BCUT2D eigenvalue weighted by Gasteiger charge is 2.19. The summed E-state index contributed by atoms with van der Waals surface area (Å²) < 4.78 is 12.0. The third-order valence-electron chi connectivity index (χ3n) is 3.17. The van der Waals surface area contributed by atoms with E-state index in [2.05, 4.69) is 5.32 Å². The molecule has 1 atom stereocenters. The lowest BCUT2D eigenvalue weighted by atomic mass is 10.2. The summed E-state index contributed by atoms with van der Waals surface area (Å²) in [5.41, 5.74) is 0.995. The molecule has 0 aromatic heterocycles. The van der Waals surface area contributed by atoms with Gasteiger partial charge in [0.05, 0.1) is 0 Å². The molecule has 6 nitrogen and oxygen atoms in total. The Hall–Kier alpha value is -1.65. The zero-order chi connectivity index (χ0) is 16.4. The van der Waals surface area contributed by atoms with E-state index in [1.807, 2.05) is 30.3 Å². The van der Waals surface area contributed by atoms with Gasteiger partial charge in [-0.3, -0.25) is 14.2 Å². The Balaban J connectivity index is 2.22. The largest absolute Gasteiger partial charge is 0.481 e. The molecule has 0 saturated carbocycles. The van der Waals surface area contributed by atoms with Crippen molar-refractivity contribution in [3.05, 3.63) is 35.9 Å². The third-order valence-corrected chi connectivity index (χ3v) is 5.02. The van der Waals surface area contributed by atoms with Crippen molar-refractivity contribution in [1.82, 2.24) is 5.32 Å². The molecule has 0 bridgehead atoms. The van der Waals surface area contributed by atoms with Crippen LogP contribution in [0.1, 0.15) is 24.8 Å². The Bertz CT molecular complexity index is 532. The summed E-state index contributed by atoms with van der Waals surface area (Å²) in [6.45, 7) is 0.269. The molecule has 1 aromatic carbocycles. The first-order chi connectivity index (χ1) is 10.4. The highest BCUT2D eigenvalue weighted by molar-refractivity contribution is 7.58. The number of aliphatic carboxylic acids is 1. The zero-order valence-electron chi connectivity index (χ0n) is 12.4. The van der Waals surface area contributed by atoms with Gasteiger partial charge in [0.2, 0.25) is 13.3 Å². The van der Waals surface area contributed by atoms with Gasteiger partial charge in [-0.2, -0.15) is 0 Å². The maximum Gasteiger partial charge on any atom is 0.303 e. The molecule has 0 fully saturated rings. The lowest BCUT2D eigenvalue weighted by molar-refractivity contribution is -0.137. The predicted octanol–water partition coefficient (Wildman–Crippen LogP) is 1.87. The van der Waals surface area contributed by atoms with Crippen molar-refractivity contribution in [3.8, 4) is 0 Å². The molecular weight excluding hydrogens is 305 g/mol. The smallest absolute Gasteiger partial charge is 0.303 e. The molecule has 1 rings (SSSR count). The molecule has 1 aromatic rings. The molecule has 0 aliphatic rings. The summed E-state index contributed by atoms with van der Waals surface area (Å²) in [7, 11) is -3.32. The standard InChI is InChI=1S/C15H22NO5P/c17-14(16-10-4-7-15(18)19)9-12-22(20,21)11-8-13-5-2-1-3-6-13/h1-3,5-6H,4,7-12H2,(H,16,17)(H,18,19)(H,20,21). The Morgan fingerprint density at radius 2 is 1.77 bits per heavy atom. The second kappa shape index (κ2) is 9.38. The molecule has 1 amide bonds. The number of carboxylic acid groups (broad SMARTS) is 1. The maximum atomic E-state index is 12.0. The van der Waals surface area contributed by atoms with Crippen LogP contribution < -0.4 is 5.32 Å². The summed E-state index contributed by atoms with van der Waals surface area (Å²) in [4.78, 5) is 31.7. The molecule has 1 unspecified atom stereocenters. The molecule has 0 aliphatic heterocycles. The number of carbonyl (C=O) groups excluding carboxylic acids is 1. The monoisotopic (exact) mass is 327 g/mol. The van der Waals surface area contributed by atoms with Gasteiger partial charge in [0.25, 0.3) is 0 Å². The summed E-state index contributed by atoms with van der Waals surface area (Å²) in [5, 5.41) is 11.0. The molecule has 0 saturated heterocycles. The fourth-order valence-corrected chi connectivity index (χ4v) is 3.28. The maximum absolute atomic E-state index is 12.0. The topological polar surface area (TPSA) is 104 Å². The van der Waals surface area contributed by atoms with Crippen LogP contribution in [0.4, 0.5) is 0 Å². The van der Waals surface area contributed by atoms with E-state index in [1.54, 1.807) is 0 Å². The van der Waals surface area contributed by atoms with Crippen molar-refractivity contribution in [3.63, 3.8) is 0 Å². The van der Waals surface area contributed by atoms with Crippen LogP contribution in [0.15, 0.2) is 30.3 Å². The van der Waals surface area contributed by atoms with E-state index in [0.717, 1.165) is 5.56 Å². The summed E-state index contributed by atoms with van der Waals surface area (Å²) in [6.07, 6.45) is 0.945. The van der Waals surface area contributed by atoms with Crippen LogP contribution in [0.3, 0.4) is 0 Å². The molecular formula is C15H22NO5P. The lowest BCUT2D eigenvalue weighted by Crippen LogP contribution is -2.25. The highest BCUT2D eigenvalue weighted by atomic mass is 31.2. The number of hydrogen-bond donors (Lipinski definition) is 3. The first kappa shape index (κ1) is 18.4. The van der Waals surface area contributed by atoms with E-state index in [4.69, 9.17) is 5.11 Å². The van der Waals surface area contributed by atoms with Crippen LogP contribution in [0.2, 0.25) is 0 Å². The number of nitrogens with one attached hydrogen (secondary N) is 1. The fourth-order valence-electron chi connectivity index (χ4n) is 1.89. The minimum Gasteiger partial charge on any atom is -0.481 e. The van der Waals surface area contributed by atoms with Crippen LogP contribution in [0.25, 0.3) is 0 Å². The average molecular weight is 327 g/mol. The van der Waals surface area contributed by atoms with Gasteiger partial charge in [0, 0.05) is 31.7 Å². The van der Waals surface area contributed by atoms with E-state index < -0.39 is 13.3 Å². The van der Waals surface area contributed by atoms with Crippen molar-refractivity contribution in [1.29, 1.82) is 0 Å². The second-order valence-corrected chi connectivity index (χ2v) is 7.71. The van der Waals surface area contributed by atoms with Gasteiger partial charge in [0.15, 0.2) is 0 Å². The Labute approximate surface area is 130 Å². The van der Waals surface area contributed by atoms with Gasteiger partial charge >= 0.3 is 5.97 Å². The van der Waals surface area contributed by atoms with Gasteiger partial charge in [-0.15, -0.1) is 0 Å². The number of carbonyl (C=O) groups is 2. The first-order valence-corrected chi connectivity index (χ1v) is 9.25. The number of amides is 1. The molecule has 22 heavy (non-hydrogen) atoms. The van der Waals surface area contributed by atoms with Gasteiger partial charge in [-0.25, -0.2) is 0 Å². The van der Waals surface area contributed by atoms with Crippen molar-refractivity contribution < 1.29 is 24.2 Å². The van der Waals surface area contributed by atoms with Gasteiger partial charge in [-0.1, -0.05) is 30.3 Å². The van der Waals surface area contributed by atoms with Gasteiger partial charge in [-0.05, 0) is 18.4 Å². The zero-order valence-corrected chi connectivity index (χ0v) is 13.3. The lowest BCUT2D eigenvalue weighted by Gasteiger charge is -2.11. The fraction of sp³-hybridized carbons (Fsp3) is 0.467. The quantitative estimate of drug-likeness (QED) is 0.449.